The van der Waals surface area contributed by atoms with Gasteiger partial charge in [-0.2, -0.15) is 0 Å². The average molecular weight is 345 g/mol. The van der Waals surface area contributed by atoms with Gasteiger partial charge in [0, 0.05) is 6.54 Å². The van der Waals surface area contributed by atoms with Crippen LogP contribution in [0, 0.1) is 0 Å². The normalized spacial score (nSPS) is 10.0. The van der Waals surface area contributed by atoms with Crippen molar-refractivity contribution in [2.24, 2.45) is 5.73 Å². The van der Waals surface area contributed by atoms with E-state index in [4.69, 9.17) is 15.2 Å². The molecule has 1 rings (SSSR count). The van der Waals surface area contributed by atoms with Crippen LogP contribution >= 0.6 is 12.4 Å². The van der Waals surface area contributed by atoms with Crippen LogP contribution in [0.15, 0.2) is 18.2 Å². The average Bonchev–Trinajstić information content (AvgIpc) is 2.52. The number of methoxy groups -OCH3 is 1. The van der Waals surface area contributed by atoms with E-state index in [1.165, 1.54) is 32.1 Å². The molecule has 0 saturated heterocycles. The molecular weight excluding hydrogens is 316 g/mol. The molecule has 1 amide bonds. The largest absolute Gasteiger partial charge is 0.493 e. The molecule has 0 atom stereocenters. The van der Waals surface area contributed by atoms with Crippen molar-refractivity contribution in [2.45, 2.75) is 45.6 Å². The molecule has 6 heteroatoms. The van der Waals surface area contributed by atoms with Gasteiger partial charge in [0.25, 0.3) is 5.91 Å². The van der Waals surface area contributed by atoms with Gasteiger partial charge >= 0.3 is 0 Å². The van der Waals surface area contributed by atoms with Crippen LogP contribution < -0.4 is 20.5 Å². The zero-order valence-corrected chi connectivity index (χ0v) is 14.9. The van der Waals surface area contributed by atoms with E-state index in [1.807, 2.05) is 12.1 Å². The molecule has 3 N–H and O–H groups in total. The van der Waals surface area contributed by atoms with Crippen LogP contribution in [0.25, 0.3) is 0 Å². The third-order valence-electron chi connectivity index (χ3n) is 3.38. The Morgan fingerprint density at radius 3 is 2.57 bits per heavy atom. The number of nitrogens with one attached hydrogen (secondary N) is 1. The van der Waals surface area contributed by atoms with Crippen LogP contribution in [-0.4, -0.2) is 26.2 Å². The topological polar surface area (TPSA) is 73.6 Å². The fraction of sp³-hybridized carbons (Fsp3) is 0.588. The number of unbranched alkanes of at least 4 members (excludes halogenated alkanes) is 4. The highest BCUT2D eigenvalue weighted by atomic mass is 35.5. The molecule has 0 saturated carbocycles. The number of hydrogen-bond donors (Lipinski definition) is 2. The number of benzene rings is 1. The van der Waals surface area contributed by atoms with Crippen molar-refractivity contribution in [1.29, 1.82) is 0 Å². The lowest BCUT2D eigenvalue weighted by atomic mass is 10.1. The number of carbonyl (C=O) groups is 1. The van der Waals surface area contributed by atoms with E-state index in [0.717, 1.165) is 18.7 Å². The number of halogens is 1. The molecule has 0 spiro atoms. The number of rotatable bonds is 12. The third-order valence-corrected chi connectivity index (χ3v) is 3.38. The van der Waals surface area contributed by atoms with Crippen molar-refractivity contribution < 1.29 is 14.3 Å². The predicted octanol–water partition coefficient (Wildman–Crippen LogP) is 3.04. The summed E-state index contributed by atoms with van der Waals surface area (Å²) in [7, 11) is 1.58. The Morgan fingerprint density at radius 1 is 1.17 bits per heavy atom. The number of nitrogens with two attached hydrogens (primary N) is 1. The number of ether oxygens (including phenoxy) is 2. The Morgan fingerprint density at radius 2 is 1.91 bits per heavy atom. The van der Waals surface area contributed by atoms with E-state index in [-0.39, 0.29) is 19.0 Å². The molecule has 0 radical (unpaired) electrons. The highest BCUT2D eigenvalue weighted by molar-refractivity contribution is 5.85. The zero-order valence-electron chi connectivity index (χ0n) is 14.1. The second-order valence-electron chi connectivity index (χ2n) is 5.33. The van der Waals surface area contributed by atoms with Crippen molar-refractivity contribution in [3.63, 3.8) is 0 Å². The van der Waals surface area contributed by atoms with Gasteiger partial charge in [0.15, 0.2) is 18.1 Å². The molecular formula is C17H29ClN2O3. The molecule has 0 bridgehead atoms. The third kappa shape index (κ3) is 9.31. The fourth-order valence-corrected chi connectivity index (χ4v) is 2.18. The molecule has 0 aliphatic carbocycles. The first-order valence-electron chi connectivity index (χ1n) is 7.96. The molecule has 1 aromatic carbocycles. The van der Waals surface area contributed by atoms with Gasteiger partial charge in [0.05, 0.1) is 7.11 Å². The van der Waals surface area contributed by atoms with Crippen molar-refractivity contribution in [3.05, 3.63) is 23.8 Å². The molecule has 5 nitrogen and oxygen atoms in total. The second-order valence-corrected chi connectivity index (χ2v) is 5.33. The van der Waals surface area contributed by atoms with Gasteiger partial charge in [0.2, 0.25) is 0 Å². The maximum Gasteiger partial charge on any atom is 0.255 e. The molecule has 1 aromatic rings. The Balaban J connectivity index is 0.00000484. The minimum Gasteiger partial charge on any atom is -0.493 e. The molecule has 0 aliphatic heterocycles. The van der Waals surface area contributed by atoms with Gasteiger partial charge in [-0.1, -0.05) is 38.7 Å². The highest BCUT2D eigenvalue weighted by Crippen LogP contribution is 2.27. The van der Waals surface area contributed by atoms with Crippen molar-refractivity contribution >= 4 is 18.3 Å². The molecule has 132 valence electrons. The highest BCUT2D eigenvalue weighted by Gasteiger charge is 2.07. The number of hydrogen-bond acceptors (Lipinski definition) is 4. The number of amides is 1. The summed E-state index contributed by atoms with van der Waals surface area (Å²) >= 11 is 0. The molecule has 0 fully saturated rings. The molecule has 23 heavy (non-hydrogen) atoms. The first kappa shape index (κ1) is 21.5. The standard InChI is InChI=1S/C17H28N2O3.ClH/c1-3-4-5-6-7-10-19-12-14-8-9-15(16(11-14)21-2)22-13-17(18)20;/h8-9,11,19H,3-7,10,12-13H2,1-2H3,(H2,18,20);1H. The maximum absolute atomic E-state index is 10.8. The van der Waals surface area contributed by atoms with Gasteiger partial charge in [0.1, 0.15) is 0 Å². The first-order chi connectivity index (χ1) is 10.7. The quantitative estimate of drug-likeness (QED) is 0.571. The lowest BCUT2D eigenvalue weighted by molar-refractivity contribution is -0.119. The van der Waals surface area contributed by atoms with E-state index in [0.29, 0.717) is 11.5 Å². The summed E-state index contributed by atoms with van der Waals surface area (Å²) in [4.78, 5) is 10.8. The first-order valence-corrected chi connectivity index (χ1v) is 7.96. The Bertz CT molecular complexity index is 455. The van der Waals surface area contributed by atoms with E-state index in [2.05, 4.69) is 12.2 Å². The SMILES string of the molecule is CCCCCCCNCc1ccc(OCC(N)=O)c(OC)c1.Cl. The van der Waals surface area contributed by atoms with E-state index < -0.39 is 5.91 Å². The van der Waals surface area contributed by atoms with E-state index in [1.54, 1.807) is 13.2 Å². The molecule has 0 unspecified atom stereocenters. The van der Waals surface area contributed by atoms with Crippen LogP contribution in [0.5, 0.6) is 11.5 Å². The molecule has 0 heterocycles. The summed E-state index contributed by atoms with van der Waals surface area (Å²) in [6.45, 7) is 3.89. The van der Waals surface area contributed by atoms with Crippen LogP contribution in [0.1, 0.15) is 44.6 Å². The van der Waals surface area contributed by atoms with Crippen molar-refractivity contribution in [3.8, 4) is 11.5 Å². The molecule has 0 aliphatic rings. The monoisotopic (exact) mass is 344 g/mol. The summed E-state index contributed by atoms with van der Waals surface area (Å²) in [6.07, 6.45) is 6.40. The van der Waals surface area contributed by atoms with E-state index >= 15 is 0 Å². The Hall–Kier alpha value is -1.46. The van der Waals surface area contributed by atoms with Crippen LogP contribution in [0.3, 0.4) is 0 Å². The maximum atomic E-state index is 10.8. The summed E-state index contributed by atoms with van der Waals surface area (Å²) in [5, 5.41) is 3.43. The number of carbonyl (C=O) groups excluding carboxylic acids is 1. The van der Waals surface area contributed by atoms with Crippen LogP contribution in [0.2, 0.25) is 0 Å². The lowest BCUT2D eigenvalue weighted by Gasteiger charge is -2.11. The van der Waals surface area contributed by atoms with Crippen molar-refractivity contribution in [1.82, 2.24) is 5.32 Å². The number of primary amides is 1. The second kappa shape index (κ2) is 13.0. The lowest BCUT2D eigenvalue weighted by Crippen LogP contribution is -2.20. The summed E-state index contributed by atoms with van der Waals surface area (Å²) in [5.41, 5.74) is 6.19. The smallest absolute Gasteiger partial charge is 0.255 e. The summed E-state index contributed by atoms with van der Waals surface area (Å²) in [6, 6.07) is 5.68. The summed E-state index contributed by atoms with van der Waals surface area (Å²) < 4.78 is 10.6. The van der Waals surface area contributed by atoms with Gasteiger partial charge in [-0.3, -0.25) is 4.79 Å². The fourth-order valence-electron chi connectivity index (χ4n) is 2.18. The summed E-state index contributed by atoms with van der Waals surface area (Å²) in [5.74, 6) is 0.643. The van der Waals surface area contributed by atoms with E-state index in [9.17, 15) is 4.79 Å². The predicted molar refractivity (Wildman–Crippen MR) is 95.4 cm³/mol. The zero-order chi connectivity index (χ0) is 16.2. The van der Waals surface area contributed by atoms with Gasteiger partial charge in [-0.15, -0.1) is 12.4 Å². The molecule has 0 aromatic heterocycles. The minimum atomic E-state index is -0.504. The Labute approximate surface area is 145 Å². The van der Waals surface area contributed by atoms with Gasteiger partial charge in [-0.25, -0.2) is 0 Å². The minimum absolute atomic E-state index is 0. The Kier molecular flexibility index (Phi) is 12.2. The van der Waals surface area contributed by atoms with Crippen LogP contribution in [0.4, 0.5) is 0 Å². The van der Waals surface area contributed by atoms with Gasteiger partial charge in [-0.05, 0) is 30.7 Å². The van der Waals surface area contributed by atoms with Crippen LogP contribution in [-0.2, 0) is 11.3 Å². The van der Waals surface area contributed by atoms with Gasteiger partial charge < -0.3 is 20.5 Å². The van der Waals surface area contributed by atoms with Crippen molar-refractivity contribution in [2.75, 3.05) is 20.3 Å².